The number of ether oxygens (including phenoxy) is 1. The monoisotopic (exact) mass is 530 g/mol. The van der Waals surface area contributed by atoms with Gasteiger partial charge in [0.2, 0.25) is 0 Å². The van der Waals surface area contributed by atoms with E-state index < -0.39 is 35.3 Å². The van der Waals surface area contributed by atoms with Gasteiger partial charge in [-0.1, -0.05) is 103 Å². The SMILES string of the molecule is CCCCCCCCCCCCCCCCCCOC(C)C(CO)(COP(O)O)COP(O)O. The number of aliphatic hydroxyl groups excluding tert-OH is 1. The maximum Gasteiger partial charge on any atom is 0.327 e. The first-order valence-corrected chi connectivity index (χ1v) is 15.5. The first-order chi connectivity index (χ1) is 16.4. The van der Waals surface area contributed by atoms with Crippen LogP contribution in [0, 0.1) is 5.41 Å². The van der Waals surface area contributed by atoms with Crippen LogP contribution in [0.3, 0.4) is 0 Å². The number of hydrogen-bond acceptors (Lipinski definition) is 8. The van der Waals surface area contributed by atoms with Gasteiger partial charge in [-0.15, -0.1) is 0 Å². The van der Waals surface area contributed by atoms with Gasteiger partial charge in [-0.05, 0) is 13.3 Å². The lowest BCUT2D eigenvalue weighted by molar-refractivity contribution is -0.0985. The van der Waals surface area contributed by atoms with E-state index >= 15 is 0 Å². The van der Waals surface area contributed by atoms with Crippen molar-refractivity contribution in [2.75, 3.05) is 26.4 Å². The van der Waals surface area contributed by atoms with Crippen LogP contribution in [-0.2, 0) is 13.8 Å². The van der Waals surface area contributed by atoms with Crippen molar-refractivity contribution in [1.29, 1.82) is 0 Å². The molecule has 10 heteroatoms. The van der Waals surface area contributed by atoms with E-state index in [1.54, 1.807) is 6.92 Å². The van der Waals surface area contributed by atoms with Crippen molar-refractivity contribution in [3.8, 4) is 0 Å². The molecular weight excluding hydrogens is 478 g/mol. The van der Waals surface area contributed by atoms with Gasteiger partial charge in [0.15, 0.2) is 0 Å². The van der Waals surface area contributed by atoms with Crippen molar-refractivity contribution < 1.29 is 38.5 Å². The minimum Gasteiger partial charge on any atom is -0.396 e. The Kier molecular flexibility index (Phi) is 24.3. The molecule has 0 radical (unpaired) electrons. The molecule has 8 nitrogen and oxygen atoms in total. The van der Waals surface area contributed by atoms with Gasteiger partial charge in [0.05, 0.1) is 31.3 Å². The second kappa shape index (κ2) is 23.9. The van der Waals surface area contributed by atoms with Gasteiger partial charge in [0, 0.05) is 6.61 Å². The van der Waals surface area contributed by atoms with E-state index in [1.165, 1.54) is 89.9 Å². The molecule has 0 spiro atoms. The lowest BCUT2D eigenvalue weighted by atomic mass is 9.85. The number of unbranched alkanes of at least 4 members (excludes halogenated alkanes) is 15. The highest BCUT2D eigenvalue weighted by molar-refractivity contribution is 7.39. The van der Waals surface area contributed by atoms with Crippen LogP contribution in [0.4, 0.5) is 0 Å². The zero-order valence-electron chi connectivity index (χ0n) is 21.6. The predicted octanol–water partition coefficient (Wildman–Crippen LogP) is 6.09. The average molecular weight is 531 g/mol. The number of aliphatic hydroxyl groups is 1. The molecular formula is C24H52O8P2. The van der Waals surface area contributed by atoms with Gasteiger partial charge >= 0.3 is 17.2 Å². The molecule has 0 rings (SSSR count). The second-order valence-corrected chi connectivity index (χ2v) is 10.9. The minimum absolute atomic E-state index is 0.231. The van der Waals surface area contributed by atoms with E-state index in [0.717, 1.165) is 12.8 Å². The first-order valence-electron chi connectivity index (χ1n) is 13.2. The van der Waals surface area contributed by atoms with Crippen molar-refractivity contribution in [1.82, 2.24) is 0 Å². The molecule has 0 fully saturated rings. The highest BCUT2D eigenvalue weighted by Gasteiger charge is 2.39. The molecule has 0 amide bonds. The van der Waals surface area contributed by atoms with Crippen LogP contribution in [-0.4, -0.2) is 57.2 Å². The minimum atomic E-state index is -2.60. The molecule has 0 heterocycles. The fourth-order valence-electron chi connectivity index (χ4n) is 3.96. The fourth-order valence-corrected chi connectivity index (χ4v) is 4.70. The summed E-state index contributed by atoms with van der Waals surface area (Å²) in [6.07, 6.45) is 20.3. The Labute approximate surface area is 210 Å². The Hall–Kier alpha value is 0.540. The van der Waals surface area contributed by atoms with E-state index in [9.17, 15) is 5.11 Å². The third kappa shape index (κ3) is 19.7. The predicted molar refractivity (Wildman–Crippen MR) is 139 cm³/mol. The van der Waals surface area contributed by atoms with Crippen LogP contribution in [0.5, 0.6) is 0 Å². The third-order valence-corrected chi connectivity index (χ3v) is 7.20. The zero-order valence-corrected chi connectivity index (χ0v) is 23.4. The van der Waals surface area contributed by atoms with Gasteiger partial charge in [-0.2, -0.15) is 0 Å². The van der Waals surface area contributed by atoms with Gasteiger partial charge in [0.1, 0.15) is 0 Å². The molecule has 0 saturated heterocycles. The summed E-state index contributed by atoms with van der Waals surface area (Å²) >= 11 is 0. The lowest BCUT2D eigenvalue weighted by Gasteiger charge is -2.36. The normalized spacial score (nSPS) is 13.3. The molecule has 34 heavy (non-hydrogen) atoms. The van der Waals surface area contributed by atoms with Gasteiger partial charge in [-0.25, -0.2) is 0 Å². The maximum absolute atomic E-state index is 9.86. The van der Waals surface area contributed by atoms with Crippen molar-refractivity contribution in [2.24, 2.45) is 5.41 Å². The van der Waals surface area contributed by atoms with E-state index in [2.05, 4.69) is 6.92 Å². The summed E-state index contributed by atoms with van der Waals surface area (Å²) in [7, 11) is -5.20. The van der Waals surface area contributed by atoms with Crippen LogP contribution in [0.2, 0.25) is 0 Å². The largest absolute Gasteiger partial charge is 0.396 e. The van der Waals surface area contributed by atoms with Crippen molar-refractivity contribution in [3.05, 3.63) is 0 Å². The molecule has 0 aliphatic rings. The van der Waals surface area contributed by atoms with Crippen LogP contribution in [0.1, 0.15) is 117 Å². The van der Waals surface area contributed by atoms with Crippen LogP contribution in [0.15, 0.2) is 0 Å². The van der Waals surface area contributed by atoms with Crippen LogP contribution < -0.4 is 0 Å². The summed E-state index contributed by atoms with van der Waals surface area (Å²) in [4.78, 5) is 36.2. The summed E-state index contributed by atoms with van der Waals surface area (Å²) in [6.45, 7) is 3.62. The molecule has 0 aromatic rings. The molecule has 0 aliphatic carbocycles. The summed E-state index contributed by atoms with van der Waals surface area (Å²) < 4.78 is 15.6. The highest BCUT2D eigenvalue weighted by atomic mass is 31.2. The smallest absolute Gasteiger partial charge is 0.327 e. The van der Waals surface area contributed by atoms with Crippen LogP contribution in [0.25, 0.3) is 0 Å². The molecule has 5 N–H and O–H groups in total. The highest BCUT2D eigenvalue weighted by Crippen LogP contribution is 2.36. The van der Waals surface area contributed by atoms with Crippen LogP contribution >= 0.6 is 17.2 Å². The Bertz CT molecular complexity index is 418. The van der Waals surface area contributed by atoms with Gasteiger partial charge in [0.25, 0.3) is 0 Å². The number of hydrogen-bond donors (Lipinski definition) is 5. The van der Waals surface area contributed by atoms with E-state index in [1.807, 2.05) is 0 Å². The first kappa shape index (κ1) is 34.5. The second-order valence-electron chi connectivity index (χ2n) is 9.39. The van der Waals surface area contributed by atoms with Crippen molar-refractivity contribution in [3.63, 3.8) is 0 Å². The quantitative estimate of drug-likeness (QED) is 0.0671. The van der Waals surface area contributed by atoms with E-state index in [-0.39, 0.29) is 13.2 Å². The molecule has 1 atom stereocenters. The molecule has 0 aromatic carbocycles. The van der Waals surface area contributed by atoms with Gasteiger partial charge < -0.3 is 38.5 Å². The van der Waals surface area contributed by atoms with Gasteiger partial charge in [-0.3, -0.25) is 0 Å². The van der Waals surface area contributed by atoms with E-state index in [0.29, 0.717) is 6.61 Å². The Morgan fingerprint density at radius 3 is 1.29 bits per heavy atom. The maximum atomic E-state index is 9.86. The Morgan fingerprint density at radius 2 is 0.971 bits per heavy atom. The molecule has 0 aromatic heterocycles. The topological polar surface area (TPSA) is 129 Å². The molecule has 0 aliphatic heterocycles. The zero-order chi connectivity index (χ0) is 25.5. The number of rotatable bonds is 26. The Morgan fingerprint density at radius 1 is 0.618 bits per heavy atom. The summed E-state index contributed by atoms with van der Waals surface area (Å²) in [5, 5.41) is 9.86. The van der Waals surface area contributed by atoms with E-state index in [4.69, 9.17) is 33.4 Å². The molecule has 206 valence electrons. The molecule has 0 bridgehead atoms. The lowest BCUT2D eigenvalue weighted by Crippen LogP contribution is -2.46. The van der Waals surface area contributed by atoms with Crippen molar-refractivity contribution >= 4 is 17.2 Å². The Balaban J connectivity index is 3.78. The fraction of sp³-hybridized carbons (Fsp3) is 1.00. The summed E-state index contributed by atoms with van der Waals surface area (Å²) in [6, 6.07) is 0. The third-order valence-electron chi connectivity index (χ3n) is 6.48. The summed E-state index contributed by atoms with van der Waals surface area (Å²) in [5.41, 5.74) is -1.12. The molecule has 1 unspecified atom stereocenters. The average Bonchev–Trinajstić information content (AvgIpc) is 2.81. The molecule has 0 saturated carbocycles. The van der Waals surface area contributed by atoms with Crippen molar-refractivity contribution in [2.45, 2.75) is 123 Å². The summed E-state index contributed by atoms with van der Waals surface area (Å²) in [5.74, 6) is 0. The standard InChI is InChI=1S/C24H52O8P2/c1-3-4-5-6-7-8-9-10-11-12-13-14-15-16-17-18-19-30-23(2)24(20-25,21-31-33(26)27)22-32-34(28)29/h23,25-29H,3-22H2,1-2H3.